The Hall–Kier alpha value is -1.98. The molecule has 1 N–H and O–H groups in total. The van der Waals surface area contributed by atoms with Crippen LogP contribution in [0.1, 0.15) is 52.0 Å². The number of urea groups is 1. The van der Waals surface area contributed by atoms with E-state index in [0.29, 0.717) is 30.1 Å². The normalized spacial score (nSPS) is 22.9. The van der Waals surface area contributed by atoms with Crippen molar-refractivity contribution in [3.63, 3.8) is 0 Å². The summed E-state index contributed by atoms with van der Waals surface area (Å²) in [5, 5.41) is 2.76. The first-order valence-corrected chi connectivity index (χ1v) is 10.0. The third-order valence-corrected chi connectivity index (χ3v) is 6.49. The number of carbonyl (C=O) groups excluding carboxylic acids is 1. The third-order valence-electron chi connectivity index (χ3n) is 6.49. The molecule has 28 heavy (non-hydrogen) atoms. The molecule has 3 aliphatic rings. The van der Waals surface area contributed by atoms with E-state index in [0.717, 1.165) is 37.3 Å². The summed E-state index contributed by atoms with van der Waals surface area (Å²) >= 11 is 0. The number of hydrogen-bond donors (Lipinski definition) is 1. The number of anilines is 1. The number of nitrogens with one attached hydrogen (secondary N) is 1. The van der Waals surface area contributed by atoms with Gasteiger partial charge in [0.2, 0.25) is 0 Å². The Labute approximate surface area is 165 Å². The molecule has 2 unspecified atom stereocenters. The van der Waals surface area contributed by atoms with E-state index in [4.69, 9.17) is 0 Å². The Morgan fingerprint density at radius 2 is 1.93 bits per heavy atom. The molecule has 2 amide bonds. The zero-order chi connectivity index (χ0) is 20.5. The second-order valence-corrected chi connectivity index (χ2v) is 8.60. The second kappa shape index (κ2) is 7.80. The molecule has 1 aromatic carbocycles. The Balaban J connectivity index is 1.67. The van der Waals surface area contributed by atoms with Crippen LogP contribution in [0.25, 0.3) is 0 Å². The second-order valence-electron chi connectivity index (χ2n) is 8.60. The maximum Gasteiger partial charge on any atom is 0.416 e. The van der Waals surface area contributed by atoms with Crippen molar-refractivity contribution in [3.05, 3.63) is 41.5 Å². The van der Waals surface area contributed by atoms with Crippen molar-refractivity contribution in [1.29, 1.82) is 0 Å². The van der Waals surface area contributed by atoms with Gasteiger partial charge >= 0.3 is 12.2 Å². The number of amides is 2. The molecule has 154 valence electrons. The van der Waals surface area contributed by atoms with Crippen LogP contribution in [0.3, 0.4) is 0 Å². The number of halogens is 3. The van der Waals surface area contributed by atoms with E-state index >= 15 is 0 Å². The zero-order valence-electron chi connectivity index (χ0n) is 16.8. The highest BCUT2D eigenvalue weighted by Gasteiger charge is 2.51. The van der Waals surface area contributed by atoms with Gasteiger partial charge in [-0.15, -0.1) is 0 Å². The molecule has 0 heterocycles. The summed E-state index contributed by atoms with van der Waals surface area (Å²) in [7, 11) is 0. The van der Waals surface area contributed by atoms with Gasteiger partial charge in [-0.05, 0) is 60.8 Å². The van der Waals surface area contributed by atoms with Crippen LogP contribution in [-0.2, 0) is 6.18 Å². The molecule has 0 radical (unpaired) electrons. The molecule has 1 fully saturated rings. The minimum atomic E-state index is -4.38. The highest BCUT2D eigenvalue weighted by Crippen LogP contribution is 2.59. The molecule has 1 saturated carbocycles. The number of allylic oxidation sites excluding steroid dienone is 1. The first kappa shape index (κ1) is 20.7. The predicted octanol–water partition coefficient (Wildman–Crippen LogP) is 6.33. The lowest BCUT2D eigenvalue weighted by Crippen LogP contribution is -2.50. The number of carbonyl (C=O) groups is 1. The van der Waals surface area contributed by atoms with Gasteiger partial charge in [0.1, 0.15) is 0 Å². The summed E-state index contributed by atoms with van der Waals surface area (Å²) in [6, 6.07) is 4.34. The highest BCUT2D eigenvalue weighted by molar-refractivity contribution is 5.89. The van der Waals surface area contributed by atoms with E-state index in [1.54, 1.807) is 4.90 Å². The van der Waals surface area contributed by atoms with Gasteiger partial charge in [0.25, 0.3) is 0 Å². The van der Waals surface area contributed by atoms with Crippen LogP contribution in [0.2, 0.25) is 0 Å². The molecule has 6 heteroatoms. The average molecular weight is 394 g/mol. The molecule has 2 atom stereocenters. The van der Waals surface area contributed by atoms with Crippen LogP contribution in [0.5, 0.6) is 0 Å². The summed E-state index contributed by atoms with van der Waals surface area (Å²) in [6.07, 6.45) is 2.04. The minimum absolute atomic E-state index is 0.256. The zero-order valence-corrected chi connectivity index (χ0v) is 16.8. The van der Waals surface area contributed by atoms with Crippen molar-refractivity contribution in [2.75, 3.05) is 18.4 Å². The molecule has 4 rings (SSSR count). The highest BCUT2D eigenvalue weighted by atomic mass is 19.4. The average Bonchev–Trinajstić information content (AvgIpc) is 2.64. The van der Waals surface area contributed by atoms with Crippen molar-refractivity contribution in [3.8, 4) is 0 Å². The standard InChI is InChI=1S/C22H29F3N2O/c1-4-5-12-27(14-15-6-7-17-13-19(15)21(17,2)3)20(28)26-18-10-8-16(9-11-18)22(23,24)25/h6,8-11,17,19H,4-5,7,12-14H2,1-3H3,(H,26,28). The molecule has 2 bridgehead atoms. The molecule has 0 aromatic heterocycles. The lowest BCUT2D eigenvalue weighted by molar-refractivity contribution is -0.137. The molecular weight excluding hydrogens is 365 g/mol. The number of benzene rings is 1. The van der Waals surface area contributed by atoms with E-state index in [1.165, 1.54) is 24.1 Å². The first-order valence-electron chi connectivity index (χ1n) is 10.0. The van der Waals surface area contributed by atoms with E-state index in [9.17, 15) is 18.0 Å². The summed E-state index contributed by atoms with van der Waals surface area (Å²) < 4.78 is 38.1. The molecule has 0 aliphatic heterocycles. The largest absolute Gasteiger partial charge is 0.416 e. The van der Waals surface area contributed by atoms with Gasteiger partial charge in [0.15, 0.2) is 0 Å². The first-order chi connectivity index (χ1) is 13.1. The SMILES string of the molecule is CCCCN(CC1=CCC2CC1C2(C)C)C(=O)Nc1ccc(C(F)(F)F)cc1. The Morgan fingerprint density at radius 3 is 2.46 bits per heavy atom. The van der Waals surface area contributed by atoms with Crippen LogP contribution in [0, 0.1) is 17.3 Å². The van der Waals surface area contributed by atoms with Crippen LogP contribution in [-0.4, -0.2) is 24.0 Å². The molecule has 0 saturated heterocycles. The number of alkyl halides is 3. The topological polar surface area (TPSA) is 32.3 Å². The van der Waals surface area contributed by atoms with Crippen molar-refractivity contribution in [2.24, 2.45) is 17.3 Å². The maximum absolute atomic E-state index is 12.8. The Morgan fingerprint density at radius 1 is 1.25 bits per heavy atom. The van der Waals surface area contributed by atoms with Crippen LogP contribution in [0.15, 0.2) is 35.9 Å². The minimum Gasteiger partial charge on any atom is -0.321 e. The maximum atomic E-state index is 12.8. The van der Waals surface area contributed by atoms with Gasteiger partial charge in [-0.2, -0.15) is 13.2 Å². The van der Waals surface area contributed by atoms with E-state index in [1.807, 2.05) is 0 Å². The lowest BCUT2D eigenvalue weighted by Gasteiger charge is -2.57. The third kappa shape index (κ3) is 4.20. The number of rotatable bonds is 6. The summed E-state index contributed by atoms with van der Waals surface area (Å²) in [4.78, 5) is 14.6. The fourth-order valence-corrected chi connectivity index (χ4v) is 4.42. The van der Waals surface area contributed by atoms with Crippen LogP contribution >= 0.6 is 0 Å². The monoisotopic (exact) mass is 394 g/mol. The molecule has 0 spiro atoms. The summed E-state index contributed by atoms with van der Waals surface area (Å²) in [5.74, 6) is 1.26. The van der Waals surface area contributed by atoms with Gasteiger partial charge < -0.3 is 10.2 Å². The van der Waals surface area contributed by atoms with Crippen molar-refractivity contribution >= 4 is 11.7 Å². The van der Waals surface area contributed by atoms with E-state index < -0.39 is 11.7 Å². The van der Waals surface area contributed by atoms with Crippen molar-refractivity contribution in [1.82, 2.24) is 4.90 Å². The van der Waals surface area contributed by atoms with Gasteiger partial charge in [-0.3, -0.25) is 0 Å². The van der Waals surface area contributed by atoms with Gasteiger partial charge in [-0.1, -0.05) is 38.8 Å². The number of unbranched alkanes of at least 4 members (excludes halogenated alkanes) is 1. The van der Waals surface area contributed by atoms with E-state index in [-0.39, 0.29) is 6.03 Å². The van der Waals surface area contributed by atoms with Gasteiger partial charge in [0.05, 0.1) is 5.56 Å². The van der Waals surface area contributed by atoms with Crippen LogP contribution < -0.4 is 5.32 Å². The van der Waals surface area contributed by atoms with Gasteiger partial charge in [0, 0.05) is 18.8 Å². The number of nitrogens with zero attached hydrogens (tertiary/aromatic N) is 1. The molecule has 3 aliphatic carbocycles. The quantitative estimate of drug-likeness (QED) is 0.562. The molecule has 1 aromatic rings. The summed E-state index contributed by atoms with van der Waals surface area (Å²) in [5.41, 5.74) is 1.28. The Bertz CT molecular complexity index is 737. The van der Waals surface area contributed by atoms with Crippen molar-refractivity contribution in [2.45, 2.75) is 52.6 Å². The Kier molecular flexibility index (Phi) is 5.78. The predicted molar refractivity (Wildman–Crippen MR) is 105 cm³/mol. The number of fused-ring (bicyclic) bond motifs is 1. The van der Waals surface area contributed by atoms with Crippen LogP contribution in [0.4, 0.5) is 23.7 Å². The fraction of sp³-hybridized carbons (Fsp3) is 0.591. The number of hydrogen-bond acceptors (Lipinski definition) is 1. The smallest absolute Gasteiger partial charge is 0.321 e. The van der Waals surface area contributed by atoms with E-state index in [2.05, 4.69) is 32.2 Å². The summed E-state index contributed by atoms with van der Waals surface area (Å²) in [6.45, 7) is 7.91. The lowest BCUT2D eigenvalue weighted by atomic mass is 9.49. The van der Waals surface area contributed by atoms with Gasteiger partial charge in [-0.25, -0.2) is 4.79 Å². The molecular formula is C22H29F3N2O. The van der Waals surface area contributed by atoms with Crippen molar-refractivity contribution < 1.29 is 18.0 Å². The fourth-order valence-electron chi connectivity index (χ4n) is 4.42. The molecule has 3 nitrogen and oxygen atoms in total.